The molecule has 0 aromatic heterocycles. The molecule has 33 heavy (non-hydrogen) atoms. The van der Waals surface area contributed by atoms with Crippen LogP contribution >= 0.6 is 0 Å². The SMILES string of the molecule is CCCCCCCCCc1c(O)ccc(CN(CCO)CCO)c1CCCCCCCCC. The van der Waals surface area contributed by atoms with Crippen LogP contribution in [0.3, 0.4) is 0 Å². The third-order valence-electron chi connectivity index (χ3n) is 6.79. The first-order valence-electron chi connectivity index (χ1n) is 13.9. The standard InChI is InChI=1S/C29H53NO3/c1-3-5-7-9-11-13-15-17-27-26(25-30(21-23-31)22-24-32)19-20-29(33)28(27)18-16-14-12-10-8-6-4-2/h19-20,31-33H,3-18,21-25H2,1-2H3. The third-order valence-corrected chi connectivity index (χ3v) is 6.79. The largest absolute Gasteiger partial charge is 0.508 e. The van der Waals surface area contributed by atoms with E-state index in [1.807, 2.05) is 6.07 Å². The van der Waals surface area contributed by atoms with Crippen molar-refractivity contribution in [2.45, 2.75) is 123 Å². The van der Waals surface area contributed by atoms with Crippen molar-refractivity contribution in [2.75, 3.05) is 26.3 Å². The molecule has 0 atom stereocenters. The first-order valence-corrected chi connectivity index (χ1v) is 13.9. The Morgan fingerprint density at radius 2 is 1.06 bits per heavy atom. The Hall–Kier alpha value is -1.10. The van der Waals surface area contributed by atoms with Crippen LogP contribution in [0.2, 0.25) is 0 Å². The number of aromatic hydroxyl groups is 1. The zero-order chi connectivity index (χ0) is 24.2. The molecule has 0 aliphatic carbocycles. The lowest BCUT2D eigenvalue weighted by Gasteiger charge is -2.24. The molecular formula is C29H53NO3. The maximum atomic E-state index is 10.7. The average Bonchev–Trinajstić information content (AvgIpc) is 2.81. The van der Waals surface area contributed by atoms with Crippen molar-refractivity contribution in [2.24, 2.45) is 0 Å². The fourth-order valence-corrected chi connectivity index (χ4v) is 4.78. The van der Waals surface area contributed by atoms with Gasteiger partial charge in [-0.05, 0) is 48.4 Å². The molecule has 0 saturated carbocycles. The van der Waals surface area contributed by atoms with Gasteiger partial charge in [-0.15, -0.1) is 0 Å². The van der Waals surface area contributed by atoms with Crippen molar-refractivity contribution in [3.05, 3.63) is 28.8 Å². The maximum Gasteiger partial charge on any atom is 0.119 e. The summed E-state index contributed by atoms with van der Waals surface area (Å²) in [5.74, 6) is 0.443. The fraction of sp³-hybridized carbons (Fsp3) is 0.793. The highest BCUT2D eigenvalue weighted by Crippen LogP contribution is 2.29. The smallest absolute Gasteiger partial charge is 0.119 e. The zero-order valence-corrected chi connectivity index (χ0v) is 21.8. The van der Waals surface area contributed by atoms with Gasteiger partial charge in [0, 0.05) is 19.6 Å². The van der Waals surface area contributed by atoms with Crippen LogP contribution in [0.4, 0.5) is 0 Å². The predicted molar refractivity (Wildman–Crippen MR) is 141 cm³/mol. The number of unbranched alkanes of at least 4 members (excludes halogenated alkanes) is 12. The van der Waals surface area contributed by atoms with Crippen molar-refractivity contribution < 1.29 is 15.3 Å². The minimum absolute atomic E-state index is 0.0933. The molecule has 1 rings (SSSR count). The van der Waals surface area contributed by atoms with Gasteiger partial charge in [-0.1, -0.05) is 97.0 Å². The molecule has 4 nitrogen and oxygen atoms in total. The molecule has 192 valence electrons. The number of hydrogen-bond donors (Lipinski definition) is 3. The highest BCUT2D eigenvalue weighted by molar-refractivity contribution is 5.45. The van der Waals surface area contributed by atoms with Gasteiger partial charge in [-0.3, -0.25) is 4.90 Å². The normalized spacial score (nSPS) is 11.5. The fourth-order valence-electron chi connectivity index (χ4n) is 4.78. The van der Waals surface area contributed by atoms with Crippen LogP contribution in [0.25, 0.3) is 0 Å². The number of phenolic OH excluding ortho intramolecular Hbond substituents is 1. The Morgan fingerprint density at radius 3 is 1.55 bits per heavy atom. The van der Waals surface area contributed by atoms with Crippen molar-refractivity contribution in [3.8, 4) is 5.75 Å². The lowest BCUT2D eigenvalue weighted by atomic mass is 9.91. The van der Waals surface area contributed by atoms with E-state index < -0.39 is 0 Å². The molecule has 4 heteroatoms. The van der Waals surface area contributed by atoms with Crippen LogP contribution < -0.4 is 0 Å². The number of hydrogen-bond acceptors (Lipinski definition) is 4. The van der Waals surface area contributed by atoms with Gasteiger partial charge in [0.25, 0.3) is 0 Å². The summed E-state index contributed by atoms with van der Waals surface area (Å²) in [7, 11) is 0. The molecule has 0 amide bonds. The number of rotatable bonds is 22. The number of phenols is 1. The van der Waals surface area contributed by atoms with E-state index in [4.69, 9.17) is 0 Å². The van der Waals surface area contributed by atoms with E-state index in [0.29, 0.717) is 18.8 Å². The second-order valence-corrected chi connectivity index (χ2v) is 9.67. The van der Waals surface area contributed by atoms with Crippen molar-refractivity contribution in [1.29, 1.82) is 0 Å². The topological polar surface area (TPSA) is 63.9 Å². The van der Waals surface area contributed by atoms with Crippen molar-refractivity contribution >= 4 is 0 Å². The van der Waals surface area contributed by atoms with E-state index in [9.17, 15) is 15.3 Å². The molecule has 0 aliphatic rings. The Kier molecular flexibility index (Phi) is 18.4. The Labute approximate surface area is 204 Å². The number of benzene rings is 1. The van der Waals surface area contributed by atoms with Gasteiger partial charge in [0.2, 0.25) is 0 Å². The quantitative estimate of drug-likeness (QED) is 0.166. The molecule has 0 saturated heterocycles. The number of nitrogens with zero attached hydrogens (tertiary/aromatic N) is 1. The van der Waals surface area contributed by atoms with Gasteiger partial charge >= 0.3 is 0 Å². The van der Waals surface area contributed by atoms with Crippen LogP contribution in [0.5, 0.6) is 5.75 Å². The lowest BCUT2D eigenvalue weighted by Crippen LogP contribution is -2.30. The van der Waals surface area contributed by atoms with Gasteiger partial charge in [0.15, 0.2) is 0 Å². The van der Waals surface area contributed by atoms with E-state index in [2.05, 4.69) is 24.8 Å². The Balaban J connectivity index is 2.80. The summed E-state index contributed by atoms with van der Waals surface area (Å²) in [6, 6.07) is 3.91. The van der Waals surface area contributed by atoms with Gasteiger partial charge in [0.05, 0.1) is 13.2 Å². The summed E-state index contributed by atoms with van der Waals surface area (Å²) in [6.07, 6.45) is 19.9. The highest BCUT2D eigenvalue weighted by atomic mass is 16.3. The zero-order valence-electron chi connectivity index (χ0n) is 21.8. The van der Waals surface area contributed by atoms with E-state index in [0.717, 1.165) is 37.8 Å². The average molecular weight is 464 g/mol. The number of aliphatic hydroxyl groups excluding tert-OH is 2. The molecule has 0 bridgehead atoms. The van der Waals surface area contributed by atoms with E-state index in [1.165, 1.54) is 88.2 Å². The van der Waals surface area contributed by atoms with Crippen LogP contribution in [0, 0.1) is 0 Å². The molecule has 0 radical (unpaired) electrons. The molecular weight excluding hydrogens is 410 g/mol. The second-order valence-electron chi connectivity index (χ2n) is 9.67. The summed E-state index contributed by atoms with van der Waals surface area (Å²) in [5, 5.41) is 29.6. The lowest BCUT2D eigenvalue weighted by molar-refractivity contribution is 0.155. The summed E-state index contributed by atoms with van der Waals surface area (Å²) in [5.41, 5.74) is 3.70. The van der Waals surface area contributed by atoms with Gasteiger partial charge in [0.1, 0.15) is 5.75 Å². The molecule has 3 N–H and O–H groups in total. The van der Waals surface area contributed by atoms with Gasteiger partial charge in [-0.25, -0.2) is 0 Å². The molecule has 1 aromatic carbocycles. The Bertz CT molecular complexity index is 584. The molecule has 0 heterocycles. The van der Waals surface area contributed by atoms with Gasteiger partial charge in [-0.2, -0.15) is 0 Å². The van der Waals surface area contributed by atoms with Crippen LogP contribution in [-0.4, -0.2) is 46.5 Å². The van der Waals surface area contributed by atoms with Crippen molar-refractivity contribution in [1.82, 2.24) is 4.90 Å². The molecule has 0 aliphatic heterocycles. The third kappa shape index (κ3) is 13.4. The minimum Gasteiger partial charge on any atom is -0.508 e. The minimum atomic E-state index is 0.0933. The first-order chi connectivity index (χ1) is 16.2. The maximum absolute atomic E-state index is 10.7. The van der Waals surface area contributed by atoms with Crippen molar-refractivity contribution in [3.63, 3.8) is 0 Å². The monoisotopic (exact) mass is 463 g/mol. The molecule has 0 spiro atoms. The van der Waals surface area contributed by atoms with Crippen LogP contribution in [-0.2, 0) is 19.4 Å². The molecule has 0 fully saturated rings. The van der Waals surface area contributed by atoms with E-state index in [1.54, 1.807) is 0 Å². The van der Waals surface area contributed by atoms with Gasteiger partial charge < -0.3 is 15.3 Å². The molecule has 0 unspecified atom stereocenters. The number of aliphatic hydroxyl groups is 2. The first kappa shape index (κ1) is 29.9. The van der Waals surface area contributed by atoms with E-state index >= 15 is 0 Å². The predicted octanol–water partition coefficient (Wildman–Crippen LogP) is 6.77. The van der Waals surface area contributed by atoms with Crippen LogP contribution in [0.15, 0.2) is 12.1 Å². The summed E-state index contributed by atoms with van der Waals surface area (Å²) in [6.45, 7) is 6.54. The summed E-state index contributed by atoms with van der Waals surface area (Å²) >= 11 is 0. The Morgan fingerprint density at radius 1 is 0.606 bits per heavy atom. The van der Waals surface area contributed by atoms with Crippen LogP contribution in [0.1, 0.15) is 120 Å². The second kappa shape index (κ2) is 20.3. The summed E-state index contributed by atoms with van der Waals surface area (Å²) in [4.78, 5) is 2.11. The van der Waals surface area contributed by atoms with E-state index in [-0.39, 0.29) is 13.2 Å². The molecule has 1 aromatic rings. The highest BCUT2D eigenvalue weighted by Gasteiger charge is 2.15. The summed E-state index contributed by atoms with van der Waals surface area (Å²) < 4.78 is 0.